The third-order valence-corrected chi connectivity index (χ3v) is 7.54. The monoisotopic (exact) mass is 707 g/mol. The Kier molecular flexibility index (Phi) is 12.9. The van der Waals surface area contributed by atoms with Crippen LogP contribution in [0.5, 0.6) is 23.0 Å². The van der Waals surface area contributed by atoms with Crippen molar-refractivity contribution in [2.75, 3.05) is 16.8 Å². The first-order valence-electron chi connectivity index (χ1n) is 15.8. The van der Waals surface area contributed by atoms with Crippen LogP contribution in [-0.4, -0.2) is 0 Å². The van der Waals surface area contributed by atoms with Gasteiger partial charge in [0.25, 0.3) is 0 Å². The van der Waals surface area contributed by atoms with Crippen molar-refractivity contribution in [2.45, 2.75) is 6.42 Å². The fourth-order valence-corrected chi connectivity index (χ4v) is 4.94. The topological polar surface area (TPSA) is 82.5 Å². The number of hydrogen-bond donors (Lipinski definition) is 3. The van der Waals surface area contributed by atoms with Gasteiger partial charge in [0.1, 0.15) is 23.0 Å². The van der Waals surface area contributed by atoms with Crippen LogP contribution in [0.15, 0.2) is 193 Å². The molecule has 5 N–H and O–H groups in total. The molecule has 0 saturated heterocycles. The SMILES string of the molecule is Brc1ccccc1.Nc1ccc(Oc2cccc(N)c2)cc1.c1ccc(Cc2ccc(Oc3cccc(Nc4ccccc4)c3)cc2)cc1. The van der Waals surface area contributed by atoms with Gasteiger partial charge in [-0.05, 0) is 102 Å². The Morgan fingerprint density at radius 1 is 0.408 bits per heavy atom. The van der Waals surface area contributed by atoms with Crippen LogP contribution in [0.1, 0.15) is 11.1 Å². The van der Waals surface area contributed by atoms with E-state index in [0.717, 1.165) is 51.0 Å². The third kappa shape index (κ3) is 12.3. The van der Waals surface area contributed by atoms with E-state index in [1.54, 1.807) is 18.2 Å². The van der Waals surface area contributed by atoms with E-state index in [4.69, 9.17) is 20.9 Å². The van der Waals surface area contributed by atoms with Gasteiger partial charge in [0.05, 0.1) is 0 Å². The molecule has 7 aromatic carbocycles. The van der Waals surface area contributed by atoms with E-state index in [1.165, 1.54) is 11.1 Å². The molecule has 7 aromatic rings. The molecule has 0 bridgehead atoms. The molecule has 244 valence electrons. The zero-order chi connectivity index (χ0) is 34.1. The van der Waals surface area contributed by atoms with E-state index < -0.39 is 0 Å². The molecule has 0 unspecified atom stereocenters. The van der Waals surface area contributed by atoms with Crippen LogP contribution in [0.4, 0.5) is 22.7 Å². The summed E-state index contributed by atoms with van der Waals surface area (Å²) >= 11 is 3.31. The highest BCUT2D eigenvalue weighted by molar-refractivity contribution is 9.10. The Labute approximate surface area is 296 Å². The molecule has 0 spiro atoms. The van der Waals surface area contributed by atoms with Crippen LogP contribution in [0.2, 0.25) is 0 Å². The van der Waals surface area contributed by atoms with Gasteiger partial charge in [-0.1, -0.05) is 107 Å². The first-order chi connectivity index (χ1) is 24.0. The average molecular weight is 709 g/mol. The van der Waals surface area contributed by atoms with E-state index >= 15 is 0 Å². The molecule has 6 heteroatoms. The molecule has 5 nitrogen and oxygen atoms in total. The van der Waals surface area contributed by atoms with Crippen molar-refractivity contribution in [2.24, 2.45) is 0 Å². The van der Waals surface area contributed by atoms with E-state index in [0.29, 0.717) is 5.69 Å². The van der Waals surface area contributed by atoms with Gasteiger partial charge < -0.3 is 26.3 Å². The summed E-state index contributed by atoms with van der Waals surface area (Å²) in [5, 5.41) is 3.39. The maximum absolute atomic E-state index is 6.02. The lowest BCUT2D eigenvalue weighted by Gasteiger charge is -2.10. The van der Waals surface area contributed by atoms with E-state index in [1.807, 2.05) is 133 Å². The van der Waals surface area contributed by atoms with Gasteiger partial charge in [0.15, 0.2) is 0 Å². The fraction of sp³-hybridized carbons (Fsp3) is 0.0233. The lowest BCUT2D eigenvalue weighted by atomic mass is 10.1. The van der Waals surface area contributed by atoms with Crippen LogP contribution in [0.25, 0.3) is 0 Å². The summed E-state index contributed by atoms with van der Waals surface area (Å²) in [6.07, 6.45) is 0.928. The number of benzene rings is 7. The number of para-hydroxylation sites is 1. The summed E-state index contributed by atoms with van der Waals surface area (Å²) in [4.78, 5) is 0. The second kappa shape index (κ2) is 18.4. The van der Waals surface area contributed by atoms with Gasteiger partial charge in [-0.25, -0.2) is 0 Å². The van der Waals surface area contributed by atoms with Crippen LogP contribution in [0.3, 0.4) is 0 Å². The number of nitrogens with two attached hydrogens (primary N) is 2. The van der Waals surface area contributed by atoms with Crippen molar-refractivity contribution in [3.8, 4) is 23.0 Å². The highest BCUT2D eigenvalue weighted by Gasteiger charge is 2.02. The van der Waals surface area contributed by atoms with Gasteiger partial charge in [0, 0.05) is 39.4 Å². The van der Waals surface area contributed by atoms with Gasteiger partial charge >= 0.3 is 0 Å². The summed E-state index contributed by atoms with van der Waals surface area (Å²) in [6, 6.07) is 61.4. The number of hydrogen-bond acceptors (Lipinski definition) is 5. The molecular formula is C43H38BrN3O2. The van der Waals surface area contributed by atoms with Crippen LogP contribution in [0, 0.1) is 0 Å². The Hall–Kier alpha value is -5.98. The van der Waals surface area contributed by atoms with Crippen molar-refractivity contribution in [1.29, 1.82) is 0 Å². The van der Waals surface area contributed by atoms with Crippen molar-refractivity contribution in [3.63, 3.8) is 0 Å². The van der Waals surface area contributed by atoms with Crippen LogP contribution < -0.4 is 26.3 Å². The largest absolute Gasteiger partial charge is 0.457 e. The fourth-order valence-electron chi connectivity index (χ4n) is 4.63. The summed E-state index contributed by atoms with van der Waals surface area (Å²) in [6.45, 7) is 0. The van der Waals surface area contributed by atoms with Gasteiger partial charge in [-0.3, -0.25) is 0 Å². The van der Waals surface area contributed by atoms with Crippen LogP contribution in [-0.2, 0) is 6.42 Å². The summed E-state index contributed by atoms with van der Waals surface area (Å²) in [5.74, 6) is 3.12. The Morgan fingerprint density at radius 2 is 0.898 bits per heavy atom. The number of nitrogen functional groups attached to an aromatic ring is 2. The predicted octanol–water partition coefficient (Wildman–Crippen LogP) is 11.9. The quantitative estimate of drug-likeness (QED) is 0.137. The first-order valence-corrected chi connectivity index (χ1v) is 16.6. The number of halogens is 1. The minimum Gasteiger partial charge on any atom is -0.457 e. The molecule has 0 amide bonds. The number of rotatable bonds is 8. The molecule has 0 aromatic heterocycles. The molecule has 7 rings (SSSR count). The molecule has 0 heterocycles. The second-order valence-corrected chi connectivity index (χ2v) is 11.9. The summed E-state index contributed by atoms with van der Waals surface area (Å²) in [7, 11) is 0. The standard InChI is InChI=1S/C25H21NO.C12H12N2O.C6H5Br/c1-3-8-20(9-4-1)18-21-14-16-24(17-15-21)27-25-13-7-12-23(19-25)26-22-10-5-2-6-11-22;13-9-4-6-11(7-5-9)15-12-3-1-2-10(14)8-12;7-6-4-2-1-3-5-6/h1-17,19,26H,18H2;1-8H,13-14H2;1-5H. The number of ether oxygens (including phenoxy) is 2. The molecule has 0 aliphatic carbocycles. The summed E-state index contributed by atoms with van der Waals surface area (Å²) < 4.78 is 12.7. The normalized spacial score (nSPS) is 9.98. The van der Waals surface area contributed by atoms with Crippen molar-refractivity contribution in [1.82, 2.24) is 0 Å². The highest BCUT2D eigenvalue weighted by atomic mass is 79.9. The minimum absolute atomic E-state index is 0.683. The van der Waals surface area contributed by atoms with Gasteiger partial charge in [0.2, 0.25) is 0 Å². The average Bonchev–Trinajstić information content (AvgIpc) is 3.12. The molecule has 0 radical (unpaired) electrons. The second-order valence-electron chi connectivity index (χ2n) is 11.0. The van der Waals surface area contributed by atoms with Crippen molar-refractivity contribution in [3.05, 3.63) is 204 Å². The van der Waals surface area contributed by atoms with Crippen molar-refractivity contribution >= 4 is 38.7 Å². The van der Waals surface area contributed by atoms with E-state index in [-0.39, 0.29) is 0 Å². The predicted molar refractivity (Wildman–Crippen MR) is 208 cm³/mol. The lowest BCUT2D eigenvalue weighted by molar-refractivity contribution is 0.482. The molecule has 0 saturated carbocycles. The highest BCUT2D eigenvalue weighted by Crippen LogP contribution is 2.27. The zero-order valence-corrected chi connectivity index (χ0v) is 28.5. The van der Waals surface area contributed by atoms with Crippen molar-refractivity contribution < 1.29 is 9.47 Å². The third-order valence-electron chi connectivity index (χ3n) is 7.01. The van der Waals surface area contributed by atoms with E-state index in [2.05, 4.69) is 57.6 Å². The van der Waals surface area contributed by atoms with Gasteiger partial charge in [-0.2, -0.15) is 0 Å². The Balaban J connectivity index is 0.000000177. The smallest absolute Gasteiger partial charge is 0.129 e. The zero-order valence-electron chi connectivity index (χ0n) is 27.0. The molecule has 0 fully saturated rings. The molecule has 0 atom stereocenters. The van der Waals surface area contributed by atoms with Crippen LogP contribution >= 0.6 is 15.9 Å². The molecule has 0 aliphatic heterocycles. The number of nitrogens with one attached hydrogen (secondary N) is 1. The molecule has 0 aliphatic rings. The maximum atomic E-state index is 6.02. The van der Waals surface area contributed by atoms with E-state index in [9.17, 15) is 0 Å². The Morgan fingerprint density at radius 3 is 1.47 bits per heavy atom. The lowest BCUT2D eigenvalue weighted by Crippen LogP contribution is -1.91. The Bertz CT molecular complexity index is 1970. The molecular weight excluding hydrogens is 670 g/mol. The van der Waals surface area contributed by atoms with Gasteiger partial charge in [-0.15, -0.1) is 0 Å². The first kappa shape index (κ1) is 34.4. The minimum atomic E-state index is 0.683. The number of anilines is 4. The molecule has 49 heavy (non-hydrogen) atoms. The summed E-state index contributed by atoms with van der Waals surface area (Å²) in [5.41, 5.74) is 17.2. The maximum Gasteiger partial charge on any atom is 0.129 e.